The molecule has 1 aromatic carbocycles. The molecular formula is C10H11BrN4. The van der Waals surface area contributed by atoms with Crippen LogP contribution in [0.5, 0.6) is 0 Å². The predicted octanol–water partition coefficient (Wildman–Crippen LogP) is 2.31. The van der Waals surface area contributed by atoms with Gasteiger partial charge in [-0.1, -0.05) is 39.3 Å². The number of rotatable bonds is 2. The number of hydrogen-bond acceptors (Lipinski definition) is 3. The summed E-state index contributed by atoms with van der Waals surface area (Å²) in [5.74, 6) is 0.462. The van der Waals surface area contributed by atoms with Crippen LogP contribution in [0.3, 0.4) is 0 Å². The van der Waals surface area contributed by atoms with E-state index in [2.05, 4.69) is 26.2 Å². The maximum absolute atomic E-state index is 5.80. The Morgan fingerprint density at radius 2 is 2.13 bits per heavy atom. The molecule has 0 aliphatic rings. The summed E-state index contributed by atoms with van der Waals surface area (Å²) in [7, 11) is 0. The Bertz CT molecular complexity index is 478. The second kappa shape index (κ2) is 4.02. The molecule has 1 heterocycles. The van der Waals surface area contributed by atoms with Gasteiger partial charge >= 0.3 is 0 Å². The number of nitrogen functional groups attached to an aromatic ring is 1. The molecule has 2 N–H and O–H groups in total. The van der Waals surface area contributed by atoms with Crippen molar-refractivity contribution in [3.05, 3.63) is 28.7 Å². The standard InChI is InChI=1S/C10H11BrN4/c1-2-15-9(10(12)13-14-15)7-5-3-4-6-8(7)11/h3-6H,2,12H2,1H3. The van der Waals surface area contributed by atoms with Crippen LogP contribution in [-0.4, -0.2) is 15.0 Å². The summed E-state index contributed by atoms with van der Waals surface area (Å²) >= 11 is 3.49. The van der Waals surface area contributed by atoms with Crippen molar-refractivity contribution >= 4 is 21.7 Å². The highest BCUT2D eigenvalue weighted by molar-refractivity contribution is 9.10. The number of aromatic nitrogens is 3. The fraction of sp³-hybridized carbons (Fsp3) is 0.200. The van der Waals surface area contributed by atoms with Gasteiger partial charge in [-0.05, 0) is 13.0 Å². The largest absolute Gasteiger partial charge is 0.380 e. The number of nitrogens with zero attached hydrogens (tertiary/aromatic N) is 3. The van der Waals surface area contributed by atoms with Crippen LogP contribution in [0.25, 0.3) is 11.3 Å². The van der Waals surface area contributed by atoms with Crippen molar-refractivity contribution in [2.45, 2.75) is 13.5 Å². The number of aryl methyl sites for hydroxylation is 1. The summed E-state index contributed by atoms with van der Waals surface area (Å²) in [6.07, 6.45) is 0. The van der Waals surface area contributed by atoms with E-state index in [9.17, 15) is 0 Å². The molecule has 0 saturated carbocycles. The predicted molar refractivity (Wildman–Crippen MR) is 63.2 cm³/mol. The first-order chi connectivity index (χ1) is 7.24. The van der Waals surface area contributed by atoms with E-state index in [1.807, 2.05) is 31.2 Å². The quantitative estimate of drug-likeness (QED) is 0.908. The fourth-order valence-electron chi connectivity index (χ4n) is 1.48. The van der Waals surface area contributed by atoms with Gasteiger partial charge < -0.3 is 5.73 Å². The molecule has 4 nitrogen and oxygen atoms in total. The summed E-state index contributed by atoms with van der Waals surface area (Å²) < 4.78 is 2.78. The number of benzene rings is 1. The Kier molecular flexibility index (Phi) is 2.73. The molecule has 0 spiro atoms. The van der Waals surface area contributed by atoms with Crippen LogP contribution >= 0.6 is 15.9 Å². The summed E-state index contributed by atoms with van der Waals surface area (Å²) in [5.41, 5.74) is 7.68. The van der Waals surface area contributed by atoms with Gasteiger partial charge in [0.25, 0.3) is 0 Å². The van der Waals surface area contributed by atoms with Gasteiger partial charge in [0.05, 0.1) is 0 Å². The molecule has 0 amide bonds. The lowest BCUT2D eigenvalue weighted by molar-refractivity contribution is 0.632. The van der Waals surface area contributed by atoms with Crippen LogP contribution in [0, 0.1) is 0 Å². The number of anilines is 1. The van der Waals surface area contributed by atoms with Gasteiger partial charge in [-0.15, -0.1) is 5.10 Å². The third kappa shape index (κ3) is 1.74. The molecule has 0 aliphatic heterocycles. The van der Waals surface area contributed by atoms with Crippen LogP contribution in [0.15, 0.2) is 28.7 Å². The minimum Gasteiger partial charge on any atom is -0.380 e. The fourth-order valence-corrected chi connectivity index (χ4v) is 1.95. The molecule has 1 aromatic heterocycles. The molecule has 0 atom stereocenters. The molecule has 0 unspecified atom stereocenters. The molecule has 0 radical (unpaired) electrons. The van der Waals surface area contributed by atoms with Crippen molar-refractivity contribution in [3.8, 4) is 11.3 Å². The van der Waals surface area contributed by atoms with E-state index in [1.54, 1.807) is 4.68 Å². The van der Waals surface area contributed by atoms with Crippen molar-refractivity contribution in [1.82, 2.24) is 15.0 Å². The van der Waals surface area contributed by atoms with Gasteiger partial charge in [0.15, 0.2) is 5.82 Å². The van der Waals surface area contributed by atoms with Gasteiger partial charge in [0.2, 0.25) is 0 Å². The second-order valence-corrected chi connectivity index (χ2v) is 3.97. The van der Waals surface area contributed by atoms with E-state index in [1.165, 1.54) is 0 Å². The first kappa shape index (κ1) is 10.2. The Hall–Kier alpha value is -1.36. The van der Waals surface area contributed by atoms with Gasteiger partial charge in [-0.2, -0.15) is 0 Å². The molecule has 78 valence electrons. The van der Waals surface area contributed by atoms with E-state index in [-0.39, 0.29) is 0 Å². The number of halogens is 1. The topological polar surface area (TPSA) is 56.7 Å². The highest BCUT2D eigenvalue weighted by atomic mass is 79.9. The molecule has 5 heteroatoms. The van der Waals surface area contributed by atoms with Crippen molar-refractivity contribution in [2.75, 3.05) is 5.73 Å². The molecule has 15 heavy (non-hydrogen) atoms. The second-order valence-electron chi connectivity index (χ2n) is 3.12. The third-order valence-corrected chi connectivity index (χ3v) is 2.88. The molecular weight excluding hydrogens is 256 g/mol. The van der Waals surface area contributed by atoms with Crippen LogP contribution in [0.1, 0.15) is 6.92 Å². The zero-order chi connectivity index (χ0) is 10.8. The highest BCUT2D eigenvalue weighted by Crippen LogP contribution is 2.30. The first-order valence-electron chi connectivity index (χ1n) is 4.68. The highest BCUT2D eigenvalue weighted by Gasteiger charge is 2.13. The molecule has 0 bridgehead atoms. The van der Waals surface area contributed by atoms with E-state index < -0.39 is 0 Å². The maximum Gasteiger partial charge on any atom is 0.174 e. The molecule has 2 aromatic rings. The average molecular weight is 267 g/mol. The Labute approximate surface area is 96.2 Å². The van der Waals surface area contributed by atoms with Crippen LogP contribution < -0.4 is 5.73 Å². The average Bonchev–Trinajstić information content (AvgIpc) is 2.60. The van der Waals surface area contributed by atoms with Crippen molar-refractivity contribution in [1.29, 1.82) is 0 Å². The lowest BCUT2D eigenvalue weighted by Crippen LogP contribution is -2.00. The Morgan fingerprint density at radius 1 is 1.40 bits per heavy atom. The zero-order valence-electron chi connectivity index (χ0n) is 8.31. The summed E-state index contributed by atoms with van der Waals surface area (Å²) in [4.78, 5) is 0. The lowest BCUT2D eigenvalue weighted by Gasteiger charge is -2.06. The maximum atomic E-state index is 5.80. The van der Waals surface area contributed by atoms with Crippen LogP contribution in [-0.2, 0) is 6.54 Å². The van der Waals surface area contributed by atoms with E-state index in [0.29, 0.717) is 5.82 Å². The first-order valence-corrected chi connectivity index (χ1v) is 5.47. The lowest BCUT2D eigenvalue weighted by atomic mass is 10.1. The number of nitrogens with two attached hydrogens (primary N) is 1. The summed E-state index contributed by atoms with van der Waals surface area (Å²) in [6, 6.07) is 7.89. The molecule has 0 saturated heterocycles. The molecule has 0 aliphatic carbocycles. The summed E-state index contributed by atoms with van der Waals surface area (Å²) in [6.45, 7) is 2.76. The van der Waals surface area contributed by atoms with E-state index in [4.69, 9.17) is 5.73 Å². The minimum atomic E-state index is 0.462. The Balaban J connectivity index is 2.63. The summed E-state index contributed by atoms with van der Waals surface area (Å²) in [5, 5.41) is 7.85. The SMILES string of the molecule is CCn1nnc(N)c1-c1ccccc1Br. The van der Waals surface area contributed by atoms with E-state index >= 15 is 0 Å². The van der Waals surface area contributed by atoms with Crippen LogP contribution in [0.4, 0.5) is 5.82 Å². The minimum absolute atomic E-state index is 0.462. The monoisotopic (exact) mass is 266 g/mol. The normalized spacial score (nSPS) is 10.5. The molecule has 2 rings (SSSR count). The van der Waals surface area contributed by atoms with Gasteiger partial charge in [-0.25, -0.2) is 4.68 Å². The van der Waals surface area contributed by atoms with E-state index in [0.717, 1.165) is 22.3 Å². The molecule has 0 fully saturated rings. The van der Waals surface area contributed by atoms with Crippen molar-refractivity contribution < 1.29 is 0 Å². The van der Waals surface area contributed by atoms with Gasteiger partial charge in [0, 0.05) is 16.6 Å². The van der Waals surface area contributed by atoms with Gasteiger partial charge in [-0.3, -0.25) is 0 Å². The third-order valence-electron chi connectivity index (χ3n) is 2.19. The van der Waals surface area contributed by atoms with Crippen molar-refractivity contribution in [2.24, 2.45) is 0 Å². The van der Waals surface area contributed by atoms with Gasteiger partial charge in [0.1, 0.15) is 5.69 Å². The zero-order valence-corrected chi connectivity index (χ0v) is 9.90. The Morgan fingerprint density at radius 3 is 2.80 bits per heavy atom. The smallest absolute Gasteiger partial charge is 0.174 e. The van der Waals surface area contributed by atoms with Crippen LogP contribution in [0.2, 0.25) is 0 Å². The van der Waals surface area contributed by atoms with Crippen molar-refractivity contribution in [3.63, 3.8) is 0 Å². The number of hydrogen-bond donors (Lipinski definition) is 1.